The van der Waals surface area contributed by atoms with Crippen molar-refractivity contribution in [2.45, 2.75) is 57.7 Å². The first-order chi connectivity index (χ1) is 7.18. The molecule has 2 fully saturated rings. The number of hydrogen-bond donors (Lipinski definition) is 1. The average molecular weight is 212 g/mol. The third-order valence-electron chi connectivity index (χ3n) is 3.91. The summed E-state index contributed by atoms with van der Waals surface area (Å²) in [6.07, 6.45) is 6.17. The first kappa shape index (κ1) is 10.9. The van der Waals surface area contributed by atoms with Crippen LogP contribution in [0.25, 0.3) is 0 Å². The maximum atomic E-state index is 11.0. The van der Waals surface area contributed by atoms with Crippen molar-refractivity contribution >= 4 is 5.97 Å². The van der Waals surface area contributed by atoms with Crippen molar-refractivity contribution in [3.63, 3.8) is 0 Å². The summed E-state index contributed by atoms with van der Waals surface area (Å²) in [5.41, 5.74) is 0. The minimum absolute atomic E-state index is 0.0659. The highest BCUT2D eigenvalue weighted by Gasteiger charge is 2.41. The van der Waals surface area contributed by atoms with Crippen LogP contribution in [0.15, 0.2) is 0 Å². The predicted octanol–water partition coefficient (Wildman–Crippen LogP) is 1.88. The van der Waals surface area contributed by atoms with E-state index in [-0.39, 0.29) is 18.2 Å². The summed E-state index contributed by atoms with van der Waals surface area (Å²) < 4.78 is 5.36. The van der Waals surface area contributed by atoms with Gasteiger partial charge in [-0.2, -0.15) is 0 Å². The maximum Gasteiger partial charge on any atom is 0.302 e. The van der Waals surface area contributed by atoms with E-state index in [1.165, 1.54) is 19.8 Å². The van der Waals surface area contributed by atoms with Gasteiger partial charge in [-0.05, 0) is 31.6 Å². The smallest absolute Gasteiger partial charge is 0.302 e. The molecular weight excluding hydrogens is 192 g/mol. The lowest BCUT2D eigenvalue weighted by Crippen LogP contribution is -2.44. The molecule has 0 saturated heterocycles. The zero-order chi connectivity index (χ0) is 10.8. The fourth-order valence-corrected chi connectivity index (χ4v) is 3.25. The Balaban J connectivity index is 2.03. The minimum atomic E-state index is -0.180. The Morgan fingerprint density at radius 2 is 1.80 bits per heavy atom. The van der Waals surface area contributed by atoms with E-state index < -0.39 is 0 Å². The number of fused-ring (bicyclic) bond motifs is 1. The molecule has 4 atom stereocenters. The summed E-state index contributed by atoms with van der Waals surface area (Å²) in [4.78, 5) is 11.0. The van der Waals surface area contributed by atoms with Gasteiger partial charge < -0.3 is 9.84 Å². The number of aliphatic hydroxyl groups is 1. The molecule has 0 aromatic rings. The van der Waals surface area contributed by atoms with Gasteiger partial charge >= 0.3 is 5.97 Å². The van der Waals surface area contributed by atoms with Gasteiger partial charge in [0, 0.05) is 12.8 Å². The molecule has 2 aliphatic rings. The monoisotopic (exact) mass is 212 g/mol. The van der Waals surface area contributed by atoms with Gasteiger partial charge in [0.15, 0.2) is 0 Å². The van der Waals surface area contributed by atoms with Crippen LogP contribution in [0.4, 0.5) is 0 Å². The second-order valence-electron chi connectivity index (χ2n) is 4.90. The average Bonchev–Trinajstić information content (AvgIpc) is 2.22. The lowest BCUT2D eigenvalue weighted by Gasteiger charge is -2.43. The molecule has 2 saturated carbocycles. The van der Waals surface area contributed by atoms with Crippen molar-refractivity contribution in [3.8, 4) is 0 Å². The highest BCUT2D eigenvalue weighted by Crippen LogP contribution is 2.41. The van der Waals surface area contributed by atoms with Gasteiger partial charge in [-0.15, -0.1) is 0 Å². The Kier molecular flexibility index (Phi) is 3.29. The van der Waals surface area contributed by atoms with Crippen molar-refractivity contribution in [2.24, 2.45) is 11.8 Å². The van der Waals surface area contributed by atoms with Crippen molar-refractivity contribution in [2.75, 3.05) is 0 Å². The lowest BCUT2D eigenvalue weighted by atomic mass is 9.68. The number of carbonyl (C=O) groups excluding carboxylic acids is 1. The van der Waals surface area contributed by atoms with Crippen LogP contribution in [0.2, 0.25) is 0 Å². The van der Waals surface area contributed by atoms with Crippen LogP contribution < -0.4 is 0 Å². The van der Waals surface area contributed by atoms with E-state index in [0.29, 0.717) is 11.8 Å². The Labute approximate surface area is 90.8 Å². The number of ether oxygens (including phenoxy) is 1. The van der Waals surface area contributed by atoms with Crippen LogP contribution in [0.3, 0.4) is 0 Å². The summed E-state index contributed by atoms with van der Waals surface area (Å²) in [6, 6.07) is 0. The third-order valence-corrected chi connectivity index (χ3v) is 3.91. The molecule has 0 amide bonds. The van der Waals surface area contributed by atoms with Gasteiger partial charge in [-0.25, -0.2) is 0 Å². The van der Waals surface area contributed by atoms with E-state index in [1.807, 2.05) is 0 Å². The van der Waals surface area contributed by atoms with Gasteiger partial charge in [0.1, 0.15) is 6.10 Å². The zero-order valence-electron chi connectivity index (χ0n) is 9.32. The van der Waals surface area contributed by atoms with Crippen LogP contribution >= 0.6 is 0 Å². The van der Waals surface area contributed by atoms with Crippen LogP contribution in [0.1, 0.15) is 45.4 Å². The Morgan fingerprint density at radius 3 is 2.47 bits per heavy atom. The number of rotatable bonds is 1. The quantitative estimate of drug-likeness (QED) is 0.675. The lowest BCUT2D eigenvalue weighted by molar-refractivity contribution is -0.158. The molecule has 15 heavy (non-hydrogen) atoms. The van der Waals surface area contributed by atoms with Crippen molar-refractivity contribution in [3.05, 3.63) is 0 Å². The largest absolute Gasteiger partial charge is 0.462 e. The van der Waals surface area contributed by atoms with Crippen LogP contribution in [-0.4, -0.2) is 23.3 Å². The molecule has 0 bridgehead atoms. The summed E-state index contributed by atoms with van der Waals surface area (Å²) >= 11 is 0. The normalized spacial score (nSPS) is 40.7. The van der Waals surface area contributed by atoms with E-state index >= 15 is 0 Å². The van der Waals surface area contributed by atoms with E-state index in [1.54, 1.807) is 0 Å². The van der Waals surface area contributed by atoms with E-state index in [0.717, 1.165) is 25.7 Å². The molecule has 0 heterocycles. The molecule has 0 spiro atoms. The number of hydrogen-bond acceptors (Lipinski definition) is 3. The van der Waals surface area contributed by atoms with Crippen molar-refractivity contribution in [1.29, 1.82) is 0 Å². The fourth-order valence-electron chi connectivity index (χ4n) is 3.25. The van der Waals surface area contributed by atoms with Crippen LogP contribution in [0.5, 0.6) is 0 Å². The molecule has 2 rings (SSSR count). The zero-order valence-corrected chi connectivity index (χ0v) is 9.32. The standard InChI is InChI=1S/C12H20O3/c1-8(13)15-12-7-6-11(14)9-4-2-3-5-10(9)12/h9-12,14H,2-7H2,1H3/t9-,10-,11+,12-/m0/s1. The second-order valence-corrected chi connectivity index (χ2v) is 4.90. The molecule has 3 heteroatoms. The molecule has 86 valence electrons. The SMILES string of the molecule is CC(=O)O[C@H]1CC[C@@H](O)[C@H]2CCCC[C@@H]21. The predicted molar refractivity (Wildman–Crippen MR) is 56.2 cm³/mol. The molecule has 3 nitrogen and oxygen atoms in total. The van der Waals surface area contributed by atoms with Crippen LogP contribution in [0, 0.1) is 11.8 Å². The van der Waals surface area contributed by atoms with Gasteiger partial charge in [-0.3, -0.25) is 4.79 Å². The van der Waals surface area contributed by atoms with Gasteiger partial charge in [0.2, 0.25) is 0 Å². The topological polar surface area (TPSA) is 46.5 Å². The maximum absolute atomic E-state index is 11.0. The fraction of sp³-hybridized carbons (Fsp3) is 0.917. The molecule has 2 aliphatic carbocycles. The molecule has 0 unspecified atom stereocenters. The number of aliphatic hydroxyl groups excluding tert-OH is 1. The minimum Gasteiger partial charge on any atom is -0.462 e. The molecule has 1 N–H and O–H groups in total. The Hall–Kier alpha value is -0.570. The highest BCUT2D eigenvalue weighted by molar-refractivity contribution is 5.66. The first-order valence-electron chi connectivity index (χ1n) is 6.04. The molecule has 0 aromatic heterocycles. The number of carbonyl (C=O) groups is 1. The summed E-state index contributed by atoms with van der Waals surface area (Å²) in [6.45, 7) is 1.48. The van der Waals surface area contributed by atoms with Crippen molar-refractivity contribution in [1.82, 2.24) is 0 Å². The molecule has 0 radical (unpaired) electrons. The van der Waals surface area contributed by atoms with Gasteiger partial charge in [0.05, 0.1) is 6.10 Å². The number of esters is 1. The third kappa shape index (κ3) is 2.33. The van der Waals surface area contributed by atoms with E-state index in [9.17, 15) is 9.90 Å². The van der Waals surface area contributed by atoms with E-state index in [2.05, 4.69) is 0 Å². The van der Waals surface area contributed by atoms with Gasteiger partial charge in [0.25, 0.3) is 0 Å². The van der Waals surface area contributed by atoms with Gasteiger partial charge in [-0.1, -0.05) is 12.8 Å². The Bertz CT molecular complexity index is 239. The molecular formula is C12H20O3. The van der Waals surface area contributed by atoms with E-state index in [4.69, 9.17) is 4.74 Å². The second kappa shape index (κ2) is 4.52. The summed E-state index contributed by atoms with van der Waals surface area (Å²) in [5, 5.41) is 9.92. The summed E-state index contributed by atoms with van der Waals surface area (Å²) in [7, 11) is 0. The first-order valence-corrected chi connectivity index (χ1v) is 6.04. The molecule has 0 aliphatic heterocycles. The highest BCUT2D eigenvalue weighted by atomic mass is 16.5. The van der Waals surface area contributed by atoms with Crippen molar-refractivity contribution < 1.29 is 14.6 Å². The van der Waals surface area contributed by atoms with Crippen LogP contribution in [-0.2, 0) is 9.53 Å². The Morgan fingerprint density at radius 1 is 1.13 bits per heavy atom. The summed E-state index contributed by atoms with van der Waals surface area (Å²) in [5.74, 6) is 0.601. The molecule has 0 aromatic carbocycles.